The van der Waals surface area contributed by atoms with Gasteiger partial charge >= 0.3 is 0 Å². The van der Waals surface area contributed by atoms with E-state index >= 15 is 0 Å². The number of hydrogen-bond acceptors (Lipinski definition) is 8. The van der Waals surface area contributed by atoms with Gasteiger partial charge in [-0.15, -0.1) is 11.3 Å². The summed E-state index contributed by atoms with van der Waals surface area (Å²) in [7, 11) is 0. The highest BCUT2D eigenvalue weighted by Crippen LogP contribution is 2.44. The number of benzene rings is 7. The van der Waals surface area contributed by atoms with Crippen molar-refractivity contribution in [1.29, 1.82) is 0 Å². The van der Waals surface area contributed by atoms with Gasteiger partial charge in [-0.05, 0) is 42.5 Å². The number of aromatic nitrogens is 5. The van der Waals surface area contributed by atoms with Crippen LogP contribution in [0.15, 0.2) is 173 Å². The third-order valence-corrected chi connectivity index (χ3v) is 11.7. The Morgan fingerprint density at radius 2 is 0.965 bits per heavy atom. The zero-order valence-corrected chi connectivity index (χ0v) is 30.9. The molecule has 8 heteroatoms. The molecule has 7 aromatic carbocycles. The molecule has 5 heterocycles. The fourth-order valence-electron chi connectivity index (χ4n) is 7.92. The predicted octanol–water partition coefficient (Wildman–Crippen LogP) is 13.2. The van der Waals surface area contributed by atoms with Gasteiger partial charge in [-0.25, -0.2) is 24.9 Å². The lowest BCUT2D eigenvalue weighted by Crippen LogP contribution is -2.00. The lowest BCUT2D eigenvalue weighted by atomic mass is 10.0. The first-order valence-corrected chi connectivity index (χ1v) is 19.5. The van der Waals surface area contributed by atoms with Crippen LogP contribution >= 0.6 is 11.3 Å². The molecule has 0 aliphatic carbocycles. The van der Waals surface area contributed by atoms with E-state index in [4.69, 9.17) is 33.8 Å². The van der Waals surface area contributed by atoms with Gasteiger partial charge in [-0.1, -0.05) is 121 Å². The van der Waals surface area contributed by atoms with Crippen LogP contribution in [0.3, 0.4) is 0 Å². The van der Waals surface area contributed by atoms with Gasteiger partial charge in [-0.3, -0.25) is 0 Å². The lowest BCUT2D eigenvalue weighted by molar-refractivity contribution is 0.666. The minimum atomic E-state index is 0.566. The molecule has 7 nitrogen and oxygen atoms in total. The summed E-state index contributed by atoms with van der Waals surface area (Å²) in [6.45, 7) is 0. The largest absolute Gasteiger partial charge is 0.455 e. The molecule has 0 saturated carbocycles. The molecule has 0 spiro atoms. The van der Waals surface area contributed by atoms with Gasteiger partial charge in [0.25, 0.3) is 0 Å². The number of fused-ring (bicyclic) bond motifs is 9. The Morgan fingerprint density at radius 1 is 0.368 bits per heavy atom. The molecule has 57 heavy (non-hydrogen) atoms. The SMILES string of the molecule is c1ccc(-c2nc(-c3ccccc3)nc(-c3cccc4sc5ccc(-c6nc(-c7cccc8c7oc7ccccc78)nc7c6oc6ccccc67)cc5c34)n2)cc1. The molecule has 12 rings (SSSR count). The van der Waals surface area contributed by atoms with Gasteiger partial charge in [0.1, 0.15) is 28.0 Å². The monoisotopic (exact) mass is 749 g/mol. The number of thiophene rings is 1. The highest BCUT2D eigenvalue weighted by atomic mass is 32.1. The zero-order valence-electron chi connectivity index (χ0n) is 30.0. The summed E-state index contributed by atoms with van der Waals surface area (Å²) in [4.78, 5) is 25.6. The number of rotatable bonds is 5. The van der Waals surface area contributed by atoms with Crippen molar-refractivity contribution in [2.75, 3.05) is 0 Å². The zero-order chi connectivity index (χ0) is 37.5. The van der Waals surface area contributed by atoms with Crippen molar-refractivity contribution >= 4 is 75.5 Å². The minimum absolute atomic E-state index is 0.566. The second-order valence-electron chi connectivity index (χ2n) is 14.0. The van der Waals surface area contributed by atoms with Crippen LogP contribution in [0, 0.1) is 0 Å². The molecule has 0 aliphatic heterocycles. The fourth-order valence-corrected chi connectivity index (χ4v) is 9.03. The van der Waals surface area contributed by atoms with Crippen LogP contribution in [0.4, 0.5) is 0 Å². The van der Waals surface area contributed by atoms with Crippen LogP contribution in [-0.4, -0.2) is 24.9 Å². The van der Waals surface area contributed by atoms with Gasteiger partial charge < -0.3 is 8.83 Å². The molecule has 0 radical (unpaired) electrons. The van der Waals surface area contributed by atoms with Crippen LogP contribution in [0.25, 0.3) is 121 Å². The minimum Gasteiger partial charge on any atom is -0.455 e. The topological polar surface area (TPSA) is 90.7 Å². The molecule has 0 bridgehead atoms. The Labute approximate surface area is 328 Å². The number of furan rings is 2. The predicted molar refractivity (Wildman–Crippen MR) is 230 cm³/mol. The number of nitrogens with zero attached hydrogens (tertiary/aromatic N) is 5. The van der Waals surface area contributed by atoms with Crippen molar-refractivity contribution in [2.24, 2.45) is 0 Å². The van der Waals surface area contributed by atoms with Crippen molar-refractivity contribution in [2.45, 2.75) is 0 Å². The Balaban J connectivity index is 1.10. The summed E-state index contributed by atoms with van der Waals surface area (Å²) in [6.07, 6.45) is 0. The average molecular weight is 750 g/mol. The maximum Gasteiger partial charge on any atom is 0.180 e. The Morgan fingerprint density at radius 3 is 1.74 bits per heavy atom. The average Bonchev–Trinajstić information content (AvgIpc) is 3.98. The van der Waals surface area contributed by atoms with E-state index in [9.17, 15) is 0 Å². The van der Waals surface area contributed by atoms with Crippen LogP contribution in [0.5, 0.6) is 0 Å². The van der Waals surface area contributed by atoms with E-state index < -0.39 is 0 Å². The van der Waals surface area contributed by atoms with Crippen LogP contribution in [0.2, 0.25) is 0 Å². The normalized spacial score (nSPS) is 11.9. The highest BCUT2D eigenvalue weighted by molar-refractivity contribution is 7.26. The molecule has 0 aliphatic rings. The number of hydrogen-bond donors (Lipinski definition) is 0. The molecule has 5 aromatic heterocycles. The summed E-state index contributed by atoms with van der Waals surface area (Å²) < 4.78 is 15.3. The fraction of sp³-hybridized carbons (Fsp3) is 0. The van der Waals surface area contributed by atoms with E-state index in [0.717, 1.165) is 86.4 Å². The second kappa shape index (κ2) is 12.5. The third kappa shape index (κ3) is 5.08. The smallest absolute Gasteiger partial charge is 0.180 e. The summed E-state index contributed by atoms with van der Waals surface area (Å²) in [5.41, 5.74) is 8.93. The van der Waals surface area contributed by atoms with E-state index in [1.807, 2.05) is 115 Å². The van der Waals surface area contributed by atoms with E-state index in [1.165, 1.54) is 0 Å². The maximum atomic E-state index is 6.58. The van der Waals surface area contributed by atoms with Crippen LogP contribution in [0.1, 0.15) is 0 Å². The highest BCUT2D eigenvalue weighted by Gasteiger charge is 2.23. The van der Waals surface area contributed by atoms with Gasteiger partial charge in [0.15, 0.2) is 28.9 Å². The van der Waals surface area contributed by atoms with E-state index in [2.05, 4.69) is 48.5 Å². The van der Waals surface area contributed by atoms with Crippen molar-refractivity contribution in [1.82, 2.24) is 24.9 Å². The van der Waals surface area contributed by atoms with E-state index in [-0.39, 0.29) is 0 Å². The molecular formula is C49H27N5O2S. The molecule has 266 valence electrons. The Kier molecular flexibility index (Phi) is 6.96. The number of para-hydroxylation sites is 3. The standard InChI is InChI=1S/C49H27N5O2S/c1-3-13-28(14-4-1)46-52-47(29-15-5-2-6-16-29)54-48(53-46)34-20-12-24-40-41(34)36-27-30(25-26-39(36)57-40)42-45-43(33-18-8-10-23-38(33)56-45)51-49(50-42)35-21-11-19-32-31-17-7-9-22-37(31)55-44(32)35/h1-27H. The first kappa shape index (κ1) is 31.8. The van der Waals surface area contributed by atoms with Crippen molar-refractivity contribution < 1.29 is 8.83 Å². The first-order valence-electron chi connectivity index (χ1n) is 18.7. The Bertz CT molecular complexity index is 3480. The van der Waals surface area contributed by atoms with Gasteiger partial charge in [0.2, 0.25) is 0 Å². The molecule has 0 amide bonds. The third-order valence-electron chi connectivity index (χ3n) is 10.6. The van der Waals surface area contributed by atoms with Gasteiger partial charge in [0, 0.05) is 58.6 Å². The summed E-state index contributed by atoms with van der Waals surface area (Å²) in [5.74, 6) is 2.42. The molecule has 0 fully saturated rings. The van der Waals surface area contributed by atoms with Crippen LogP contribution < -0.4 is 0 Å². The van der Waals surface area contributed by atoms with Gasteiger partial charge in [0.05, 0.1) is 5.56 Å². The molecule has 0 unspecified atom stereocenters. The van der Waals surface area contributed by atoms with E-state index in [0.29, 0.717) is 34.6 Å². The van der Waals surface area contributed by atoms with Gasteiger partial charge in [-0.2, -0.15) is 0 Å². The Hall–Kier alpha value is -7.55. The first-order chi connectivity index (χ1) is 28.2. The lowest BCUT2D eigenvalue weighted by Gasteiger charge is -2.10. The molecule has 0 N–H and O–H groups in total. The maximum absolute atomic E-state index is 6.58. The molecule has 0 atom stereocenters. The van der Waals surface area contributed by atoms with Crippen molar-refractivity contribution in [3.05, 3.63) is 164 Å². The summed E-state index contributed by atoms with van der Waals surface area (Å²) in [5, 5.41) is 5.16. The quantitative estimate of drug-likeness (QED) is 0.173. The van der Waals surface area contributed by atoms with Crippen LogP contribution in [-0.2, 0) is 0 Å². The summed E-state index contributed by atoms with van der Waals surface area (Å²) >= 11 is 1.75. The summed E-state index contributed by atoms with van der Waals surface area (Å²) in [6, 6.07) is 55.3. The van der Waals surface area contributed by atoms with Crippen molar-refractivity contribution in [3.63, 3.8) is 0 Å². The molecule has 0 saturated heterocycles. The molecular weight excluding hydrogens is 723 g/mol. The van der Waals surface area contributed by atoms with Crippen molar-refractivity contribution in [3.8, 4) is 56.8 Å². The second-order valence-corrected chi connectivity index (χ2v) is 15.1. The molecule has 12 aromatic rings. The van der Waals surface area contributed by atoms with E-state index in [1.54, 1.807) is 11.3 Å².